The summed E-state index contributed by atoms with van der Waals surface area (Å²) in [5, 5.41) is 0. The first kappa shape index (κ1) is 35.6. The van der Waals surface area contributed by atoms with E-state index >= 15 is 0 Å². The highest BCUT2D eigenvalue weighted by molar-refractivity contribution is 6.02. The summed E-state index contributed by atoms with van der Waals surface area (Å²) in [5.41, 5.74) is 7.27. The largest absolute Gasteiger partial charge is 0.300 e. The fourth-order valence-corrected chi connectivity index (χ4v) is 6.80. The average molecular weight is 575 g/mol. The molecular weight excluding hydrogens is 516 g/mol. The highest BCUT2D eigenvalue weighted by atomic mass is 16.1. The number of rotatable bonds is 13. The van der Waals surface area contributed by atoms with Crippen LogP contribution < -0.4 is 0 Å². The molecule has 1 aliphatic rings. The lowest BCUT2D eigenvalue weighted by Crippen LogP contribution is -2.30. The van der Waals surface area contributed by atoms with E-state index < -0.39 is 0 Å². The van der Waals surface area contributed by atoms with Gasteiger partial charge < -0.3 is 0 Å². The van der Waals surface area contributed by atoms with Crippen molar-refractivity contribution in [2.45, 2.75) is 133 Å². The van der Waals surface area contributed by atoms with Crippen LogP contribution in [0.4, 0.5) is 0 Å². The molecule has 2 aromatic carbocycles. The van der Waals surface area contributed by atoms with E-state index in [-0.39, 0.29) is 41.5 Å². The Morgan fingerprint density at radius 2 is 1.64 bits per heavy atom. The Hall–Kier alpha value is -2.55. The predicted molar refractivity (Wildman–Crippen MR) is 178 cm³/mol. The molecule has 0 aliphatic heterocycles. The standard InChI is InChI=1S/C36H50O3.C3H8/c1-8-14-29(30(9-2)33(38)19-24(3)37)20-26-21-32-31(27-15-11-10-12-16-27)23-28(17-13-18-36(5,6)7)25(4)35(32)34(39)22-26;1-3-2/h10-12,15-16,23,26,29-30H,8-9,13-14,17-22H2,1-7H3;3H2,1-2H3. The van der Waals surface area contributed by atoms with Crippen LogP contribution in [0.3, 0.4) is 0 Å². The molecule has 0 amide bonds. The maximum absolute atomic E-state index is 13.8. The second-order valence-electron chi connectivity index (χ2n) is 13.9. The second-order valence-corrected chi connectivity index (χ2v) is 13.9. The van der Waals surface area contributed by atoms with Gasteiger partial charge in [-0.1, -0.05) is 104 Å². The van der Waals surface area contributed by atoms with Crippen LogP contribution in [0.2, 0.25) is 0 Å². The van der Waals surface area contributed by atoms with Gasteiger partial charge in [0.2, 0.25) is 0 Å². The minimum absolute atomic E-state index is 0.0283. The molecule has 3 unspecified atom stereocenters. The highest BCUT2D eigenvalue weighted by Crippen LogP contribution is 2.41. The van der Waals surface area contributed by atoms with E-state index in [9.17, 15) is 14.4 Å². The van der Waals surface area contributed by atoms with Crippen LogP contribution in [0.25, 0.3) is 11.1 Å². The van der Waals surface area contributed by atoms with Gasteiger partial charge in [0.25, 0.3) is 0 Å². The highest BCUT2D eigenvalue weighted by Gasteiger charge is 2.34. The number of carbonyl (C=O) groups excluding carboxylic acids is 3. The van der Waals surface area contributed by atoms with Gasteiger partial charge in [-0.15, -0.1) is 0 Å². The van der Waals surface area contributed by atoms with E-state index in [1.54, 1.807) is 0 Å². The van der Waals surface area contributed by atoms with Gasteiger partial charge in [0.15, 0.2) is 5.78 Å². The molecule has 0 fully saturated rings. The topological polar surface area (TPSA) is 51.2 Å². The smallest absolute Gasteiger partial charge is 0.163 e. The first-order valence-corrected chi connectivity index (χ1v) is 16.6. The lowest BCUT2D eigenvalue weighted by Gasteiger charge is -2.33. The van der Waals surface area contributed by atoms with Gasteiger partial charge >= 0.3 is 0 Å². The third-order valence-electron chi connectivity index (χ3n) is 8.65. The summed E-state index contributed by atoms with van der Waals surface area (Å²) in [4.78, 5) is 38.5. The van der Waals surface area contributed by atoms with Crippen molar-refractivity contribution < 1.29 is 14.4 Å². The molecule has 232 valence electrons. The van der Waals surface area contributed by atoms with E-state index in [1.165, 1.54) is 35.6 Å². The first-order chi connectivity index (χ1) is 19.9. The molecular formula is C39H58O3. The molecule has 0 spiro atoms. The molecule has 3 heteroatoms. The Balaban J connectivity index is 0.00000197. The summed E-state index contributed by atoms with van der Waals surface area (Å²) in [6.07, 6.45) is 9.51. The van der Waals surface area contributed by atoms with Gasteiger partial charge in [0, 0.05) is 17.9 Å². The Bertz CT molecular complexity index is 1170. The zero-order valence-corrected chi connectivity index (χ0v) is 28.2. The van der Waals surface area contributed by atoms with E-state index in [2.05, 4.69) is 85.7 Å². The van der Waals surface area contributed by atoms with Gasteiger partial charge in [-0.05, 0) is 97.4 Å². The quantitative estimate of drug-likeness (QED) is 0.224. The summed E-state index contributed by atoms with van der Waals surface area (Å²) in [7, 11) is 0. The molecule has 0 N–H and O–H groups in total. The third-order valence-corrected chi connectivity index (χ3v) is 8.65. The molecule has 1 aliphatic carbocycles. The number of fused-ring (bicyclic) bond motifs is 1. The SMILES string of the molecule is CCC.CCCC(CC1CC(=O)c2c(C)c(CCCC(C)(C)C)cc(-c3ccccc3)c2C1)C(CC)C(=O)CC(C)=O. The van der Waals surface area contributed by atoms with Crippen molar-refractivity contribution in [1.82, 2.24) is 0 Å². The summed E-state index contributed by atoms with van der Waals surface area (Å²) >= 11 is 0. The molecule has 0 saturated heterocycles. The van der Waals surface area contributed by atoms with Crippen LogP contribution in [-0.4, -0.2) is 17.3 Å². The summed E-state index contributed by atoms with van der Waals surface area (Å²) < 4.78 is 0. The molecule has 3 nitrogen and oxygen atoms in total. The van der Waals surface area contributed by atoms with Crippen molar-refractivity contribution in [1.29, 1.82) is 0 Å². The normalized spacial score (nSPS) is 16.2. The lowest BCUT2D eigenvalue weighted by molar-refractivity contribution is -0.129. The van der Waals surface area contributed by atoms with Gasteiger partial charge in [0.05, 0.1) is 6.42 Å². The van der Waals surface area contributed by atoms with Gasteiger partial charge in [-0.2, -0.15) is 0 Å². The predicted octanol–water partition coefficient (Wildman–Crippen LogP) is 10.6. The fraction of sp³-hybridized carbons (Fsp3) is 0.615. The monoisotopic (exact) mass is 574 g/mol. The maximum atomic E-state index is 13.8. The number of hydrogen-bond acceptors (Lipinski definition) is 3. The molecule has 3 atom stereocenters. The molecule has 0 radical (unpaired) electrons. The van der Waals surface area contributed by atoms with Crippen LogP contribution in [0.1, 0.15) is 140 Å². The van der Waals surface area contributed by atoms with Crippen molar-refractivity contribution in [3.05, 3.63) is 58.7 Å². The van der Waals surface area contributed by atoms with Crippen LogP contribution in [0.15, 0.2) is 36.4 Å². The summed E-state index contributed by atoms with van der Waals surface area (Å²) in [6.45, 7) is 19.0. The van der Waals surface area contributed by atoms with Gasteiger partial charge in [0.1, 0.15) is 11.6 Å². The van der Waals surface area contributed by atoms with Crippen molar-refractivity contribution in [3.8, 4) is 11.1 Å². The van der Waals surface area contributed by atoms with Crippen LogP contribution in [0, 0.1) is 30.1 Å². The summed E-state index contributed by atoms with van der Waals surface area (Å²) in [5.74, 6) is 0.597. The van der Waals surface area contributed by atoms with Crippen molar-refractivity contribution >= 4 is 17.3 Å². The number of hydrogen-bond donors (Lipinski definition) is 0. The maximum Gasteiger partial charge on any atom is 0.163 e. The number of aryl methyl sites for hydroxylation is 1. The molecule has 0 aromatic heterocycles. The minimum Gasteiger partial charge on any atom is -0.300 e. The van der Waals surface area contributed by atoms with Crippen molar-refractivity contribution in [2.24, 2.45) is 23.2 Å². The second kappa shape index (κ2) is 16.9. The summed E-state index contributed by atoms with van der Waals surface area (Å²) in [6, 6.07) is 12.9. The Morgan fingerprint density at radius 3 is 2.19 bits per heavy atom. The molecule has 3 rings (SSSR count). The van der Waals surface area contributed by atoms with E-state index in [1.807, 2.05) is 6.07 Å². The van der Waals surface area contributed by atoms with E-state index in [0.717, 1.165) is 62.5 Å². The fourth-order valence-electron chi connectivity index (χ4n) is 6.80. The number of carbonyl (C=O) groups is 3. The first-order valence-electron chi connectivity index (χ1n) is 16.6. The Morgan fingerprint density at radius 1 is 1.00 bits per heavy atom. The molecule has 2 aromatic rings. The average Bonchev–Trinajstić information content (AvgIpc) is 2.90. The van der Waals surface area contributed by atoms with Crippen molar-refractivity contribution in [2.75, 3.05) is 0 Å². The number of Topliss-reactive ketones (excluding diaryl/α,β-unsaturated/α-hetero) is 3. The van der Waals surface area contributed by atoms with Crippen LogP contribution in [-0.2, 0) is 22.4 Å². The van der Waals surface area contributed by atoms with Crippen LogP contribution in [0.5, 0.6) is 0 Å². The molecule has 0 bridgehead atoms. The third kappa shape index (κ3) is 10.3. The zero-order chi connectivity index (χ0) is 31.4. The zero-order valence-electron chi connectivity index (χ0n) is 28.2. The number of ketones is 3. The molecule has 42 heavy (non-hydrogen) atoms. The minimum atomic E-state index is -0.106. The lowest BCUT2D eigenvalue weighted by atomic mass is 9.70. The molecule has 0 heterocycles. The van der Waals surface area contributed by atoms with Crippen molar-refractivity contribution in [3.63, 3.8) is 0 Å². The van der Waals surface area contributed by atoms with Crippen LogP contribution >= 0.6 is 0 Å². The Kier molecular flexibility index (Phi) is 14.4. The van der Waals surface area contributed by atoms with E-state index in [0.29, 0.717) is 11.8 Å². The van der Waals surface area contributed by atoms with Gasteiger partial charge in [-0.25, -0.2) is 0 Å². The number of benzene rings is 2. The molecule has 0 saturated carbocycles. The Labute approximate surface area is 257 Å². The van der Waals surface area contributed by atoms with E-state index in [4.69, 9.17) is 0 Å². The van der Waals surface area contributed by atoms with Gasteiger partial charge in [-0.3, -0.25) is 14.4 Å².